The highest BCUT2D eigenvalue weighted by Crippen LogP contribution is 2.10. The van der Waals surface area contributed by atoms with Crippen LogP contribution < -0.4 is 5.73 Å². The molecule has 0 saturated heterocycles. The average molecular weight is 151 g/mol. The SMILES string of the molecule is NC1CCn2ccnc2C1=O. The minimum atomic E-state index is -0.343. The number of Topliss-reactive ketones (excluding diaryl/α,β-unsaturated/α-hetero) is 1. The highest BCUT2D eigenvalue weighted by Gasteiger charge is 2.24. The zero-order chi connectivity index (χ0) is 7.84. The fourth-order valence-corrected chi connectivity index (χ4v) is 1.29. The van der Waals surface area contributed by atoms with Crippen LogP contribution in [0.2, 0.25) is 0 Å². The highest BCUT2D eigenvalue weighted by molar-refractivity contribution is 5.97. The summed E-state index contributed by atoms with van der Waals surface area (Å²) in [5, 5.41) is 0. The van der Waals surface area contributed by atoms with Crippen LogP contribution in [0, 0.1) is 0 Å². The first-order chi connectivity index (χ1) is 5.29. The third-order valence-electron chi connectivity index (χ3n) is 1.95. The largest absolute Gasteiger partial charge is 0.328 e. The van der Waals surface area contributed by atoms with Gasteiger partial charge in [0.05, 0.1) is 6.04 Å². The van der Waals surface area contributed by atoms with Gasteiger partial charge in [-0.3, -0.25) is 4.79 Å². The van der Waals surface area contributed by atoms with Crippen LogP contribution in [0.25, 0.3) is 0 Å². The molecule has 0 fully saturated rings. The lowest BCUT2D eigenvalue weighted by Crippen LogP contribution is -2.37. The minimum Gasteiger partial charge on any atom is -0.328 e. The van der Waals surface area contributed by atoms with Crippen molar-refractivity contribution in [3.63, 3.8) is 0 Å². The fraction of sp³-hybridized carbons (Fsp3) is 0.429. The molecule has 0 saturated carbocycles. The number of imidazole rings is 1. The summed E-state index contributed by atoms with van der Waals surface area (Å²) in [5.74, 6) is 0.463. The van der Waals surface area contributed by atoms with Crippen molar-refractivity contribution in [2.24, 2.45) is 5.73 Å². The molecule has 0 spiro atoms. The number of aromatic nitrogens is 2. The summed E-state index contributed by atoms with van der Waals surface area (Å²) in [6, 6.07) is -0.343. The van der Waals surface area contributed by atoms with Crippen molar-refractivity contribution in [3.8, 4) is 0 Å². The van der Waals surface area contributed by atoms with Crippen molar-refractivity contribution in [2.45, 2.75) is 19.0 Å². The van der Waals surface area contributed by atoms with Crippen LogP contribution in [0.3, 0.4) is 0 Å². The number of carbonyl (C=O) groups excluding carboxylic acids is 1. The van der Waals surface area contributed by atoms with E-state index in [0.717, 1.165) is 13.0 Å². The van der Waals surface area contributed by atoms with Gasteiger partial charge in [-0.15, -0.1) is 0 Å². The molecule has 4 nitrogen and oxygen atoms in total. The molecule has 2 heterocycles. The first-order valence-corrected chi connectivity index (χ1v) is 3.60. The molecule has 0 bridgehead atoms. The Morgan fingerprint density at radius 3 is 3.36 bits per heavy atom. The van der Waals surface area contributed by atoms with Crippen LogP contribution in [0.15, 0.2) is 12.4 Å². The number of carbonyl (C=O) groups is 1. The van der Waals surface area contributed by atoms with E-state index in [2.05, 4.69) is 4.98 Å². The summed E-state index contributed by atoms with van der Waals surface area (Å²) >= 11 is 0. The van der Waals surface area contributed by atoms with Gasteiger partial charge in [0.1, 0.15) is 0 Å². The van der Waals surface area contributed by atoms with Crippen LogP contribution >= 0.6 is 0 Å². The number of nitrogens with two attached hydrogens (primary N) is 1. The summed E-state index contributed by atoms with van der Waals surface area (Å²) < 4.78 is 1.84. The molecule has 0 amide bonds. The predicted molar refractivity (Wildman–Crippen MR) is 39.1 cm³/mol. The molecule has 1 aromatic heterocycles. The smallest absolute Gasteiger partial charge is 0.214 e. The Hall–Kier alpha value is -1.16. The summed E-state index contributed by atoms with van der Waals surface area (Å²) in [7, 11) is 0. The first kappa shape index (κ1) is 6.54. The van der Waals surface area contributed by atoms with Crippen LogP contribution in [0.1, 0.15) is 17.0 Å². The van der Waals surface area contributed by atoms with Crippen molar-refractivity contribution in [3.05, 3.63) is 18.2 Å². The molecule has 1 aromatic rings. The standard InChI is InChI=1S/C7H9N3O/c8-5-1-3-10-4-2-9-7(10)6(5)11/h2,4-5H,1,3,8H2. The maximum absolute atomic E-state index is 11.3. The average Bonchev–Trinajstić information content (AvgIpc) is 2.45. The van der Waals surface area contributed by atoms with Crippen LogP contribution in [0.4, 0.5) is 0 Å². The van der Waals surface area contributed by atoms with Gasteiger partial charge in [0.25, 0.3) is 0 Å². The third-order valence-corrected chi connectivity index (χ3v) is 1.95. The first-order valence-electron chi connectivity index (χ1n) is 3.60. The molecule has 0 aromatic carbocycles. The second kappa shape index (κ2) is 2.17. The van der Waals surface area contributed by atoms with Gasteiger partial charge in [-0.1, -0.05) is 0 Å². The molecule has 1 aliphatic rings. The van der Waals surface area contributed by atoms with Gasteiger partial charge in [0.2, 0.25) is 5.78 Å². The van der Waals surface area contributed by atoms with Gasteiger partial charge in [0.15, 0.2) is 5.82 Å². The molecule has 1 aliphatic heterocycles. The molecule has 2 rings (SSSR count). The topological polar surface area (TPSA) is 60.9 Å². The molecule has 1 atom stereocenters. The van der Waals surface area contributed by atoms with Gasteiger partial charge in [0, 0.05) is 18.9 Å². The number of ketones is 1. The summed E-state index contributed by atoms with van der Waals surface area (Å²) in [6.07, 6.45) is 4.16. The molecule has 1 unspecified atom stereocenters. The monoisotopic (exact) mass is 151 g/mol. The van der Waals surface area contributed by atoms with Gasteiger partial charge in [-0.2, -0.15) is 0 Å². The van der Waals surface area contributed by atoms with Crippen molar-refractivity contribution >= 4 is 5.78 Å². The number of nitrogens with zero attached hydrogens (tertiary/aromatic N) is 2. The fourth-order valence-electron chi connectivity index (χ4n) is 1.29. The van der Waals surface area contributed by atoms with Gasteiger partial charge in [-0.25, -0.2) is 4.98 Å². The second-order valence-corrected chi connectivity index (χ2v) is 2.70. The second-order valence-electron chi connectivity index (χ2n) is 2.70. The van der Waals surface area contributed by atoms with Crippen LogP contribution in [0.5, 0.6) is 0 Å². The van der Waals surface area contributed by atoms with E-state index in [0.29, 0.717) is 5.82 Å². The van der Waals surface area contributed by atoms with E-state index < -0.39 is 0 Å². The Balaban J connectivity index is 2.46. The van der Waals surface area contributed by atoms with E-state index in [-0.39, 0.29) is 11.8 Å². The number of hydrogen-bond acceptors (Lipinski definition) is 3. The Morgan fingerprint density at radius 2 is 2.55 bits per heavy atom. The lowest BCUT2D eigenvalue weighted by Gasteiger charge is -2.17. The predicted octanol–water partition coefficient (Wildman–Crippen LogP) is -0.203. The molecular formula is C7H9N3O. The lowest BCUT2D eigenvalue weighted by atomic mass is 10.1. The van der Waals surface area contributed by atoms with Crippen molar-refractivity contribution in [1.82, 2.24) is 9.55 Å². The Labute approximate surface area is 64.0 Å². The van der Waals surface area contributed by atoms with E-state index in [1.807, 2.05) is 4.57 Å². The van der Waals surface area contributed by atoms with Crippen molar-refractivity contribution in [1.29, 1.82) is 0 Å². The number of fused-ring (bicyclic) bond motifs is 1. The zero-order valence-corrected chi connectivity index (χ0v) is 6.03. The van der Waals surface area contributed by atoms with Gasteiger partial charge in [-0.05, 0) is 6.42 Å². The minimum absolute atomic E-state index is 0.0405. The Kier molecular flexibility index (Phi) is 1.29. The molecule has 2 N–H and O–H groups in total. The number of rotatable bonds is 0. The third kappa shape index (κ3) is 0.867. The van der Waals surface area contributed by atoms with Gasteiger partial charge < -0.3 is 10.3 Å². The molecule has 11 heavy (non-hydrogen) atoms. The summed E-state index contributed by atoms with van der Waals surface area (Å²) in [5.41, 5.74) is 5.55. The molecule has 0 radical (unpaired) electrons. The summed E-state index contributed by atoms with van der Waals surface area (Å²) in [4.78, 5) is 15.2. The van der Waals surface area contributed by atoms with E-state index in [9.17, 15) is 4.79 Å². The molecule has 4 heteroatoms. The van der Waals surface area contributed by atoms with E-state index in [1.165, 1.54) is 0 Å². The van der Waals surface area contributed by atoms with Gasteiger partial charge >= 0.3 is 0 Å². The van der Waals surface area contributed by atoms with Crippen LogP contribution in [-0.4, -0.2) is 21.4 Å². The maximum atomic E-state index is 11.3. The Morgan fingerprint density at radius 1 is 1.73 bits per heavy atom. The quantitative estimate of drug-likeness (QED) is 0.558. The summed E-state index contributed by atoms with van der Waals surface area (Å²) in [6.45, 7) is 0.808. The highest BCUT2D eigenvalue weighted by atomic mass is 16.1. The van der Waals surface area contributed by atoms with E-state index in [4.69, 9.17) is 5.73 Å². The lowest BCUT2D eigenvalue weighted by molar-refractivity contribution is 0.0923. The van der Waals surface area contributed by atoms with E-state index in [1.54, 1.807) is 12.4 Å². The van der Waals surface area contributed by atoms with Crippen LogP contribution in [-0.2, 0) is 6.54 Å². The molecule has 0 aliphatic carbocycles. The molecular weight excluding hydrogens is 142 g/mol. The molecule has 58 valence electrons. The van der Waals surface area contributed by atoms with E-state index >= 15 is 0 Å². The Bertz CT molecular complexity index is 292. The normalized spacial score (nSPS) is 23.4. The number of aryl methyl sites for hydroxylation is 1. The van der Waals surface area contributed by atoms with Crippen molar-refractivity contribution in [2.75, 3.05) is 0 Å². The maximum Gasteiger partial charge on any atom is 0.214 e. The number of hydrogen-bond donors (Lipinski definition) is 1. The zero-order valence-electron chi connectivity index (χ0n) is 6.03. The van der Waals surface area contributed by atoms with Crippen molar-refractivity contribution < 1.29 is 4.79 Å².